The fourth-order valence-electron chi connectivity index (χ4n) is 1.56. The van der Waals surface area contributed by atoms with Crippen molar-refractivity contribution in [2.75, 3.05) is 5.32 Å². The summed E-state index contributed by atoms with van der Waals surface area (Å²) in [6.45, 7) is 1.62. The SMILES string of the molecule is C[C@@H](O/N=C\c1ccc(Cl)cc1)C(=O)Nc1ccc(Cl)cc1. The van der Waals surface area contributed by atoms with Gasteiger partial charge in [0.1, 0.15) is 0 Å². The van der Waals surface area contributed by atoms with Crippen LogP contribution in [0.2, 0.25) is 10.0 Å². The Morgan fingerprint density at radius 2 is 1.64 bits per heavy atom. The fourth-order valence-corrected chi connectivity index (χ4v) is 1.81. The number of hydrogen-bond acceptors (Lipinski definition) is 3. The monoisotopic (exact) mass is 336 g/mol. The number of carbonyl (C=O) groups is 1. The second-order valence-electron chi connectivity index (χ2n) is 4.53. The van der Waals surface area contributed by atoms with E-state index in [-0.39, 0.29) is 5.91 Å². The minimum absolute atomic E-state index is 0.296. The molecule has 0 aliphatic rings. The van der Waals surface area contributed by atoms with E-state index in [4.69, 9.17) is 28.0 Å². The van der Waals surface area contributed by atoms with Gasteiger partial charge < -0.3 is 10.2 Å². The summed E-state index contributed by atoms with van der Waals surface area (Å²) in [7, 11) is 0. The second kappa shape index (κ2) is 7.82. The number of benzene rings is 2. The number of rotatable bonds is 5. The molecule has 22 heavy (non-hydrogen) atoms. The van der Waals surface area contributed by atoms with Crippen LogP contribution < -0.4 is 5.32 Å². The van der Waals surface area contributed by atoms with Crippen LogP contribution in [-0.2, 0) is 9.63 Å². The molecule has 0 aliphatic heterocycles. The van der Waals surface area contributed by atoms with Gasteiger partial charge in [-0.25, -0.2) is 0 Å². The zero-order chi connectivity index (χ0) is 15.9. The van der Waals surface area contributed by atoms with Crippen molar-refractivity contribution in [3.63, 3.8) is 0 Å². The smallest absolute Gasteiger partial charge is 0.267 e. The molecule has 0 fully saturated rings. The lowest BCUT2D eigenvalue weighted by molar-refractivity contribution is -0.126. The summed E-state index contributed by atoms with van der Waals surface area (Å²) in [6.07, 6.45) is 0.793. The van der Waals surface area contributed by atoms with Crippen LogP contribution in [-0.4, -0.2) is 18.2 Å². The van der Waals surface area contributed by atoms with E-state index < -0.39 is 6.10 Å². The molecule has 114 valence electrons. The lowest BCUT2D eigenvalue weighted by atomic mass is 10.2. The van der Waals surface area contributed by atoms with Gasteiger partial charge in [0.05, 0.1) is 6.21 Å². The maximum absolute atomic E-state index is 11.9. The van der Waals surface area contributed by atoms with Crippen molar-refractivity contribution in [3.05, 3.63) is 64.1 Å². The summed E-state index contributed by atoms with van der Waals surface area (Å²) in [5.41, 5.74) is 1.47. The average molecular weight is 337 g/mol. The zero-order valence-electron chi connectivity index (χ0n) is 11.8. The molecule has 0 unspecified atom stereocenters. The molecule has 0 spiro atoms. The molecular weight excluding hydrogens is 323 g/mol. The zero-order valence-corrected chi connectivity index (χ0v) is 13.3. The molecule has 1 atom stereocenters. The van der Waals surface area contributed by atoms with Gasteiger partial charge in [-0.05, 0) is 48.9 Å². The molecule has 2 aromatic carbocycles. The van der Waals surface area contributed by atoms with Crippen molar-refractivity contribution in [1.82, 2.24) is 0 Å². The molecule has 6 heteroatoms. The summed E-state index contributed by atoms with van der Waals surface area (Å²) in [6, 6.07) is 13.9. The van der Waals surface area contributed by atoms with Crippen molar-refractivity contribution in [1.29, 1.82) is 0 Å². The van der Waals surface area contributed by atoms with E-state index in [0.29, 0.717) is 15.7 Å². The highest BCUT2D eigenvalue weighted by Gasteiger charge is 2.13. The largest absolute Gasteiger partial charge is 0.383 e. The van der Waals surface area contributed by atoms with Crippen LogP contribution in [0.5, 0.6) is 0 Å². The van der Waals surface area contributed by atoms with Gasteiger partial charge in [-0.2, -0.15) is 0 Å². The number of oxime groups is 1. The third kappa shape index (κ3) is 5.06. The molecule has 0 heterocycles. The first-order chi connectivity index (χ1) is 10.5. The Hall–Kier alpha value is -2.04. The molecule has 0 saturated carbocycles. The Labute approximate surface area is 138 Å². The molecule has 4 nitrogen and oxygen atoms in total. The summed E-state index contributed by atoms with van der Waals surface area (Å²) in [5, 5.41) is 7.76. The van der Waals surface area contributed by atoms with E-state index in [9.17, 15) is 4.79 Å². The number of nitrogens with one attached hydrogen (secondary N) is 1. The number of carbonyl (C=O) groups excluding carboxylic acids is 1. The predicted octanol–water partition coefficient (Wildman–Crippen LogP) is 4.37. The van der Waals surface area contributed by atoms with Crippen molar-refractivity contribution in [2.45, 2.75) is 13.0 Å². The second-order valence-corrected chi connectivity index (χ2v) is 5.40. The molecule has 0 radical (unpaired) electrons. The molecular formula is C16H14Cl2N2O2. The van der Waals surface area contributed by atoms with Crippen LogP contribution in [0.15, 0.2) is 53.7 Å². The number of halogens is 2. The first-order valence-electron chi connectivity index (χ1n) is 6.56. The van der Waals surface area contributed by atoms with E-state index >= 15 is 0 Å². The van der Waals surface area contributed by atoms with E-state index in [1.54, 1.807) is 55.5 Å². The van der Waals surface area contributed by atoms with Gasteiger partial charge >= 0.3 is 0 Å². The quantitative estimate of drug-likeness (QED) is 0.651. The van der Waals surface area contributed by atoms with Gasteiger partial charge in [-0.3, -0.25) is 4.79 Å². The van der Waals surface area contributed by atoms with Crippen molar-refractivity contribution in [2.24, 2.45) is 5.16 Å². The molecule has 2 rings (SSSR count). The van der Waals surface area contributed by atoms with Crippen molar-refractivity contribution < 1.29 is 9.63 Å². The minimum Gasteiger partial charge on any atom is -0.383 e. The topological polar surface area (TPSA) is 50.7 Å². The van der Waals surface area contributed by atoms with Crippen LogP contribution in [0.25, 0.3) is 0 Å². The van der Waals surface area contributed by atoms with E-state index in [1.807, 2.05) is 0 Å². The summed E-state index contributed by atoms with van der Waals surface area (Å²) >= 11 is 11.6. The van der Waals surface area contributed by atoms with Gasteiger partial charge in [-0.15, -0.1) is 0 Å². The fraction of sp³-hybridized carbons (Fsp3) is 0.125. The molecule has 0 bridgehead atoms. The van der Waals surface area contributed by atoms with Gasteiger partial charge in [0.2, 0.25) is 6.10 Å². The Bertz CT molecular complexity index is 655. The molecule has 2 aromatic rings. The highest BCUT2D eigenvalue weighted by molar-refractivity contribution is 6.30. The number of hydrogen-bond donors (Lipinski definition) is 1. The predicted molar refractivity (Wildman–Crippen MR) is 89.7 cm³/mol. The van der Waals surface area contributed by atoms with Gasteiger partial charge in [0, 0.05) is 15.7 Å². The van der Waals surface area contributed by atoms with Crippen LogP contribution in [0.4, 0.5) is 5.69 Å². The first-order valence-corrected chi connectivity index (χ1v) is 7.31. The Kier molecular flexibility index (Phi) is 5.81. The van der Waals surface area contributed by atoms with Gasteiger partial charge in [-0.1, -0.05) is 40.5 Å². The third-order valence-corrected chi connectivity index (χ3v) is 3.28. The molecule has 1 N–H and O–H groups in total. The number of amides is 1. The molecule has 0 aliphatic carbocycles. The van der Waals surface area contributed by atoms with E-state index in [1.165, 1.54) is 6.21 Å². The third-order valence-electron chi connectivity index (χ3n) is 2.77. The Morgan fingerprint density at radius 3 is 2.23 bits per heavy atom. The van der Waals surface area contributed by atoms with Crippen LogP contribution in [0.1, 0.15) is 12.5 Å². The van der Waals surface area contributed by atoms with Crippen LogP contribution in [0, 0.1) is 0 Å². The summed E-state index contributed by atoms with van der Waals surface area (Å²) in [4.78, 5) is 17.1. The standard InChI is InChI=1S/C16H14Cl2N2O2/c1-11(16(21)20-15-8-6-14(18)7-9-15)22-19-10-12-2-4-13(17)5-3-12/h2-11H,1H3,(H,20,21)/b19-10-/t11-/m1/s1. The van der Waals surface area contributed by atoms with E-state index in [0.717, 1.165) is 5.56 Å². The maximum atomic E-state index is 11.9. The van der Waals surface area contributed by atoms with Crippen LogP contribution >= 0.6 is 23.2 Å². The lowest BCUT2D eigenvalue weighted by Gasteiger charge is -2.10. The Morgan fingerprint density at radius 1 is 1.09 bits per heavy atom. The summed E-state index contributed by atoms with van der Waals surface area (Å²) in [5.74, 6) is -0.296. The first kappa shape index (κ1) is 16.3. The number of nitrogens with zero attached hydrogens (tertiary/aromatic N) is 1. The number of anilines is 1. The van der Waals surface area contributed by atoms with Gasteiger partial charge in [0.15, 0.2) is 0 Å². The molecule has 0 aromatic heterocycles. The molecule has 0 saturated heterocycles. The summed E-state index contributed by atoms with van der Waals surface area (Å²) < 4.78 is 0. The van der Waals surface area contributed by atoms with Crippen LogP contribution in [0.3, 0.4) is 0 Å². The normalized spacial score (nSPS) is 12.1. The maximum Gasteiger partial charge on any atom is 0.267 e. The van der Waals surface area contributed by atoms with Crippen molar-refractivity contribution in [3.8, 4) is 0 Å². The minimum atomic E-state index is -0.723. The highest BCUT2D eigenvalue weighted by Crippen LogP contribution is 2.14. The lowest BCUT2D eigenvalue weighted by Crippen LogP contribution is -2.26. The van der Waals surface area contributed by atoms with Crippen molar-refractivity contribution >= 4 is 41.0 Å². The van der Waals surface area contributed by atoms with Gasteiger partial charge in [0.25, 0.3) is 5.91 Å². The average Bonchev–Trinajstić information content (AvgIpc) is 2.51. The van der Waals surface area contributed by atoms with E-state index in [2.05, 4.69) is 10.5 Å². The Balaban J connectivity index is 1.85. The molecule has 1 amide bonds. The highest BCUT2D eigenvalue weighted by atomic mass is 35.5.